The van der Waals surface area contributed by atoms with Crippen LogP contribution in [0.15, 0.2) is 30.3 Å². The Kier molecular flexibility index (Phi) is 3.66. The van der Waals surface area contributed by atoms with Gasteiger partial charge in [0.2, 0.25) is 0 Å². The Hall–Kier alpha value is -1.10. The fourth-order valence-electron chi connectivity index (χ4n) is 1.81. The maximum Gasteiger partial charge on any atom is 0.132 e. The van der Waals surface area contributed by atoms with Gasteiger partial charge in [0.15, 0.2) is 0 Å². The molecule has 1 atom stereocenters. The first-order valence-corrected chi connectivity index (χ1v) is 6.46. The van der Waals surface area contributed by atoms with Crippen molar-refractivity contribution < 1.29 is 9.53 Å². The number of hydrogen-bond acceptors (Lipinski definition) is 2. The van der Waals surface area contributed by atoms with E-state index >= 15 is 0 Å². The molecule has 0 amide bonds. The summed E-state index contributed by atoms with van der Waals surface area (Å²) in [5, 5.41) is 2.30. The van der Waals surface area contributed by atoms with Crippen molar-refractivity contribution >= 4 is 39.6 Å². The fraction of sp³-hybridized carbons (Fsp3) is 0.214. The lowest BCUT2D eigenvalue weighted by atomic mass is 9.99. The first-order valence-electron chi connectivity index (χ1n) is 5.39. The van der Waals surface area contributed by atoms with Crippen LogP contribution < -0.4 is 4.74 Å². The van der Waals surface area contributed by atoms with Crippen LogP contribution in [0.2, 0.25) is 0 Å². The summed E-state index contributed by atoms with van der Waals surface area (Å²) in [6.45, 7) is 1.91. The largest absolute Gasteiger partial charge is 0.496 e. The van der Waals surface area contributed by atoms with Gasteiger partial charge < -0.3 is 9.53 Å². The maximum atomic E-state index is 10.8. The van der Waals surface area contributed by atoms with Gasteiger partial charge in [0.25, 0.3) is 0 Å². The molecule has 0 spiro atoms. The van der Waals surface area contributed by atoms with E-state index in [0.717, 1.165) is 31.9 Å². The van der Waals surface area contributed by atoms with E-state index in [2.05, 4.69) is 34.7 Å². The Labute approximate surface area is 114 Å². The molecule has 88 valence electrons. The summed E-state index contributed by atoms with van der Waals surface area (Å²) in [6, 6.07) is 10.1. The Morgan fingerprint density at radius 2 is 2.06 bits per heavy atom. The van der Waals surface area contributed by atoms with Crippen LogP contribution in [0.25, 0.3) is 10.8 Å². The third kappa shape index (κ3) is 2.29. The van der Waals surface area contributed by atoms with Crippen LogP contribution in [0, 0.1) is 3.57 Å². The van der Waals surface area contributed by atoms with Gasteiger partial charge in [-0.05, 0) is 45.0 Å². The lowest BCUT2D eigenvalue weighted by Gasteiger charge is -2.09. The van der Waals surface area contributed by atoms with Crippen molar-refractivity contribution in [3.8, 4) is 5.75 Å². The minimum Gasteiger partial charge on any atom is -0.496 e. The topological polar surface area (TPSA) is 26.3 Å². The van der Waals surface area contributed by atoms with Gasteiger partial charge in [-0.3, -0.25) is 0 Å². The molecule has 0 aliphatic rings. The summed E-state index contributed by atoms with van der Waals surface area (Å²) in [4.78, 5) is 10.8. The quantitative estimate of drug-likeness (QED) is 0.628. The van der Waals surface area contributed by atoms with Crippen molar-refractivity contribution in [2.45, 2.75) is 12.8 Å². The first-order chi connectivity index (χ1) is 8.17. The van der Waals surface area contributed by atoms with Gasteiger partial charge in [-0.1, -0.05) is 31.2 Å². The number of methoxy groups -OCH3 is 1. The van der Waals surface area contributed by atoms with Crippen LogP contribution in [0.3, 0.4) is 0 Å². The number of aldehydes is 1. The molecule has 0 bridgehead atoms. The van der Waals surface area contributed by atoms with Crippen LogP contribution in [-0.4, -0.2) is 13.4 Å². The van der Waals surface area contributed by atoms with Crippen LogP contribution in [0.1, 0.15) is 18.4 Å². The summed E-state index contributed by atoms with van der Waals surface area (Å²) in [6.07, 6.45) is 0.968. The van der Waals surface area contributed by atoms with Gasteiger partial charge in [0.1, 0.15) is 12.0 Å². The van der Waals surface area contributed by atoms with Gasteiger partial charge in [-0.2, -0.15) is 0 Å². The van der Waals surface area contributed by atoms with Gasteiger partial charge in [0, 0.05) is 5.92 Å². The molecule has 2 aromatic rings. The number of rotatable bonds is 3. The highest BCUT2D eigenvalue weighted by Gasteiger charge is 2.08. The normalized spacial score (nSPS) is 12.4. The van der Waals surface area contributed by atoms with E-state index in [1.807, 2.05) is 25.1 Å². The predicted molar refractivity (Wildman–Crippen MR) is 77.7 cm³/mol. The highest BCUT2D eigenvalue weighted by atomic mass is 127. The molecule has 0 saturated heterocycles. The monoisotopic (exact) mass is 340 g/mol. The highest BCUT2D eigenvalue weighted by Crippen LogP contribution is 2.30. The molecule has 2 rings (SSSR count). The molecule has 0 fully saturated rings. The van der Waals surface area contributed by atoms with E-state index in [1.54, 1.807) is 7.11 Å². The zero-order valence-electron chi connectivity index (χ0n) is 9.74. The van der Waals surface area contributed by atoms with Crippen molar-refractivity contribution in [1.82, 2.24) is 0 Å². The van der Waals surface area contributed by atoms with Crippen LogP contribution in [-0.2, 0) is 4.79 Å². The lowest BCUT2D eigenvalue weighted by Crippen LogP contribution is -1.95. The molecular weight excluding hydrogens is 327 g/mol. The smallest absolute Gasteiger partial charge is 0.132 e. The summed E-state index contributed by atoms with van der Waals surface area (Å²) < 4.78 is 6.39. The van der Waals surface area contributed by atoms with Crippen molar-refractivity contribution in [2.75, 3.05) is 7.11 Å². The number of benzene rings is 2. The highest BCUT2D eigenvalue weighted by molar-refractivity contribution is 14.1. The number of hydrogen-bond donors (Lipinski definition) is 0. The molecule has 0 heterocycles. The zero-order chi connectivity index (χ0) is 12.4. The standard InChI is InChI=1S/C14H13IO2/c1-9(8-16)10-3-5-12-11(7-10)4-6-13(17-2)14(12)15/h3-9H,1-2H3. The Balaban J connectivity index is 2.61. The Morgan fingerprint density at radius 3 is 2.71 bits per heavy atom. The Morgan fingerprint density at radius 1 is 1.29 bits per heavy atom. The summed E-state index contributed by atoms with van der Waals surface area (Å²) in [7, 11) is 1.67. The molecular formula is C14H13IO2. The molecule has 0 aromatic heterocycles. The average molecular weight is 340 g/mol. The van der Waals surface area contributed by atoms with E-state index in [1.165, 1.54) is 0 Å². The molecule has 0 saturated carbocycles. The van der Waals surface area contributed by atoms with Gasteiger partial charge in [-0.25, -0.2) is 0 Å². The molecule has 0 aliphatic heterocycles. The minimum atomic E-state index is -0.0563. The summed E-state index contributed by atoms with van der Waals surface area (Å²) >= 11 is 2.28. The average Bonchev–Trinajstić information content (AvgIpc) is 2.38. The molecule has 1 unspecified atom stereocenters. The molecule has 2 aromatic carbocycles. The van der Waals surface area contributed by atoms with Crippen molar-refractivity contribution in [3.63, 3.8) is 0 Å². The van der Waals surface area contributed by atoms with Gasteiger partial charge in [0.05, 0.1) is 10.7 Å². The third-order valence-electron chi connectivity index (χ3n) is 2.89. The summed E-state index contributed by atoms with van der Waals surface area (Å²) in [5.41, 5.74) is 1.05. The molecule has 0 aliphatic carbocycles. The molecule has 17 heavy (non-hydrogen) atoms. The lowest BCUT2D eigenvalue weighted by molar-refractivity contribution is -0.108. The van der Waals surface area contributed by atoms with E-state index in [-0.39, 0.29) is 5.92 Å². The second kappa shape index (κ2) is 5.04. The maximum absolute atomic E-state index is 10.8. The number of halogens is 1. The van der Waals surface area contributed by atoms with E-state index in [9.17, 15) is 4.79 Å². The molecule has 0 N–H and O–H groups in total. The molecule has 3 heteroatoms. The van der Waals surface area contributed by atoms with Crippen molar-refractivity contribution in [3.05, 3.63) is 39.5 Å². The number of carbonyl (C=O) groups excluding carboxylic acids is 1. The Bertz CT molecular complexity index is 563. The van der Waals surface area contributed by atoms with Crippen molar-refractivity contribution in [2.24, 2.45) is 0 Å². The van der Waals surface area contributed by atoms with Crippen LogP contribution >= 0.6 is 22.6 Å². The number of carbonyl (C=O) groups is 1. The third-order valence-corrected chi connectivity index (χ3v) is 4.01. The minimum absolute atomic E-state index is 0.0563. The number of fused-ring (bicyclic) bond motifs is 1. The van der Waals surface area contributed by atoms with Gasteiger partial charge >= 0.3 is 0 Å². The molecule has 0 radical (unpaired) electrons. The van der Waals surface area contributed by atoms with Crippen molar-refractivity contribution in [1.29, 1.82) is 0 Å². The predicted octanol–water partition coefficient (Wildman–Crippen LogP) is 3.76. The summed E-state index contributed by atoms with van der Waals surface area (Å²) in [5.74, 6) is 0.827. The number of ether oxygens (including phenoxy) is 1. The van der Waals surface area contributed by atoms with Crippen LogP contribution in [0.5, 0.6) is 5.75 Å². The zero-order valence-corrected chi connectivity index (χ0v) is 11.9. The van der Waals surface area contributed by atoms with Gasteiger partial charge in [-0.15, -0.1) is 0 Å². The first kappa shape index (κ1) is 12.4. The van der Waals surface area contributed by atoms with Crippen LogP contribution in [0.4, 0.5) is 0 Å². The second-order valence-electron chi connectivity index (χ2n) is 3.99. The molecule has 2 nitrogen and oxygen atoms in total. The van der Waals surface area contributed by atoms with E-state index in [4.69, 9.17) is 4.74 Å². The van der Waals surface area contributed by atoms with E-state index < -0.39 is 0 Å². The SMILES string of the molecule is COc1ccc2cc(C(C)C=O)ccc2c1I. The second-order valence-corrected chi connectivity index (χ2v) is 5.07. The fourth-order valence-corrected chi connectivity index (χ4v) is 2.70. The van der Waals surface area contributed by atoms with E-state index in [0.29, 0.717) is 0 Å².